The van der Waals surface area contributed by atoms with Gasteiger partial charge < -0.3 is 10.4 Å². The molecule has 1 fully saturated rings. The lowest BCUT2D eigenvalue weighted by Gasteiger charge is -2.41. The standard InChI is InChI=1S/C19H18F5N5O/c1-18(30)6-12(7-18)26-17-28-27-16(14-8-25-9-29(14)17)13-3-2-11(19(22,23)24)4-10(13)5-15(20)21/h2-4,8-9,12,15,30H,5-7H2,1H3,(H,26,28). The van der Waals surface area contributed by atoms with Crippen molar-refractivity contribution in [1.29, 1.82) is 0 Å². The van der Waals surface area contributed by atoms with Crippen LogP contribution in [0.5, 0.6) is 0 Å². The molecular weight excluding hydrogens is 409 g/mol. The van der Waals surface area contributed by atoms with Crippen LogP contribution in [0.15, 0.2) is 30.7 Å². The van der Waals surface area contributed by atoms with Gasteiger partial charge in [-0.2, -0.15) is 13.2 Å². The summed E-state index contributed by atoms with van der Waals surface area (Å²) in [6.45, 7) is 1.72. The molecule has 11 heteroatoms. The Bertz CT molecular complexity index is 1070. The van der Waals surface area contributed by atoms with Gasteiger partial charge in [0.2, 0.25) is 12.4 Å². The second kappa shape index (κ2) is 7.15. The van der Waals surface area contributed by atoms with Gasteiger partial charge in [0.25, 0.3) is 0 Å². The van der Waals surface area contributed by atoms with Crippen molar-refractivity contribution >= 4 is 11.5 Å². The maximum Gasteiger partial charge on any atom is 0.416 e. The molecule has 0 amide bonds. The molecule has 2 aromatic heterocycles. The normalized spacial score (nSPS) is 21.8. The Hall–Kier alpha value is -2.82. The van der Waals surface area contributed by atoms with E-state index in [-0.39, 0.29) is 22.9 Å². The number of alkyl halides is 5. The van der Waals surface area contributed by atoms with Gasteiger partial charge in [-0.1, -0.05) is 6.07 Å². The monoisotopic (exact) mass is 427 g/mol. The number of hydrogen-bond acceptors (Lipinski definition) is 5. The van der Waals surface area contributed by atoms with E-state index in [2.05, 4.69) is 20.5 Å². The van der Waals surface area contributed by atoms with E-state index in [9.17, 15) is 27.1 Å². The first-order valence-corrected chi connectivity index (χ1v) is 9.20. The summed E-state index contributed by atoms with van der Waals surface area (Å²) in [7, 11) is 0. The van der Waals surface area contributed by atoms with E-state index in [4.69, 9.17) is 0 Å². The summed E-state index contributed by atoms with van der Waals surface area (Å²) < 4.78 is 66.8. The molecule has 0 saturated heterocycles. The second-order valence-electron chi connectivity index (χ2n) is 7.73. The third-order valence-corrected chi connectivity index (χ3v) is 5.12. The van der Waals surface area contributed by atoms with Crippen LogP contribution in [0.1, 0.15) is 30.9 Å². The maximum atomic E-state index is 13.1. The van der Waals surface area contributed by atoms with E-state index < -0.39 is 30.2 Å². The van der Waals surface area contributed by atoms with Crippen LogP contribution in [0.25, 0.3) is 16.8 Å². The van der Waals surface area contributed by atoms with Gasteiger partial charge in [0, 0.05) is 18.0 Å². The number of halogens is 5. The van der Waals surface area contributed by atoms with Crippen molar-refractivity contribution in [1.82, 2.24) is 19.6 Å². The minimum atomic E-state index is -4.65. The first-order chi connectivity index (χ1) is 14.0. The predicted octanol–water partition coefficient (Wildman–Crippen LogP) is 3.94. The van der Waals surface area contributed by atoms with Crippen LogP contribution in [0.3, 0.4) is 0 Å². The number of hydrogen-bond donors (Lipinski definition) is 2. The van der Waals surface area contributed by atoms with Crippen molar-refractivity contribution < 1.29 is 27.1 Å². The Balaban J connectivity index is 1.75. The lowest BCUT2D eigenvalue weighted by Crippen LogP contribution is -2.48. The fraction of sp³-hybridized carbons (Fsp3) is 0.421. The quantitative estimate of drug-likeness (QED) is 0.604. The van der Waals surface area contributed by atoms with Gasteiger partial charge in [-0.25, -0.2) is 13.8 Å². The Morgan fingerprint density at radius 1 is 1.27 bits per heavy atom. The molecule has 160 valence electrons. The number of anilines is 1. The number of aromatic nitrogens is 4. The first kappa shape index (κ1) is 20.5. The van der Waals surface area contributed by atoms with Crippen LogP contribution in [0.2, 0.25) is 0 Å². The maximum absolute atomic E-state index is 13.1. The van der Waals surface area contributed by atoms with Crippen molar-refractivity contribution in [2.75, 3.05) is 5.32 Å². The Labute approximate surface area is 167 Å². The molecule has 1 aliphatic rings. The van der Waals surface area contributed by atoms with E-state index in [1.165, 1.54) is 12.5 Å². The number of aliphatic hydroxyl groups is 1. The van der Waals surface area contributed by atoms with Crippen molar-refractivity contribution in [3.05, 3.63) is 41.9 Å². The van der Waals surface area contributed by atoms with Crippen molar-refractivity contribution in [2.24, 2.45) is 0 Å². The number of fused-ring (bicyclic) bond motifs is 1. The van der Waals surface area contributed by atoms with E-state index in [0.29, 0.717) is 24.3 Å². The van der Waals surface area contributed by atoms with Crippen LogP contribution in [0.4, 0.5) is 27.9 Å². The van der Waals surface area contributed by atoms with Crippen molar-refractivity contribution in [3.8, 4) is 11.3 Å². The fourth-order valence-corrected chi connectivity index (χ4v) is 3.75. The van der Waals surface area contributed by atoms with E-state index in [1.807, 2.05) is 0 Å². The first-order valence-electron chi connectivity index (χ1n) is 9.20. The molecule has 2 N–H and O–H groups in total. The molecule has 0 spiro atoms. The van der Waals surface area contributed by atoms with Crippen LogP contribution in [0, 0.1) is 0 Å². The van der Waals surface area contributed by atoms with Gasteiger partial charge in [-0.15, -0.1) is 10.2 Å². The molecule has 6 nitrogen and oxygen atoms in total. The number of nitrogens with one attached hydrogen (secondary N) is 1. The number of benzene rings is 1. The smallest absolute Gasteiger partial charge is 0.390 e. The molecule has 0 radical (unpaired) electrons. The molecular formula is C19H18F5N5O. The summed E-state index contributed by atoms with van der Waals surface area (Å²) in [5.41, 5.74) is -1.22. The molecule has 1 aliphatic carbocycles. The summed E-state index contributed by atoms with van der Waals surface area (Å²) >= 11 is 0. The Kier molecular flexibility index (Phi) is 4.88. The Morgan fingerprint density at radius 2 is 2.00 bits per heavy atom. The molecule has 0 atom stereocenters. The summed E-state index contributed by atoms with van der Waals surface area (Å²) in [6.07, 6.45) is -4.40. The lowest BCUT2D eigenvalue weighted by molar-refractivity contribution is -0.137. The van der Waals surface area contributed by atoms with Gasteiger partial charge in [-0.3, -0.25) is 4.40 Å². The lowest BCUT2D eigenvalue weighted by atomic mass is 9.77. The minimum absolute atomic E-state index is 0.0220. The highest BCUT2D eigenvalue weighted by Gasteiger charge is 2.39. The van der Waals surface area contributed by atoms with Crippen LogP contribution < -0.4 is 5.32 Å². The summed E-state index contributed by atoms with van der Waals surface area (Å²) in [5, 5.41) is 21.2. The van der Waals surface area contributed by atoms with E-state index in [1.54, 1.807) is 11.3 Å². The molecule has 1 saturated carbocycles. The summed E-state index contributed by atoms with van der Waals surface area (Å²) in [5.74, 6) is 0.342. The summed E-state index contributed by atoms with van der Waals surface area (Å²) in [4.78, 5) is 4.04. The average molecular weight is 427 g/mol. The SMILES string of the molecule is CC1(O)CC(Nc2nnc(-c3ccc(C(F)(F)F)cc3CC(F)F)c3cncn23)C1. The largest absolute Gasteiger partial charge is 0.416 e. The zero-order valence-electron chi connectivity index (χ0n) is 15.8. The van der Waals surface area contributed by atoms with Crippen molar-refractivity contribution in [2.45, 2.75) is 50.4 Å². The molecule has 3 aromatic rings. The molecule has 2 heterocycles. The topological polar surface area (TPSA) is 75.3 Å². The summed E-state index contributed by atoms with van der Waals surface area (Å²) in [6, 6.07) is 2.67. The van der Waals surface area contributed by atoms with Crippen molar-refractivity contribution in [3.63, 3.8) is 0 Å². The molecule has 30 heavy (non-hydrogen) atoms. The average Bonchev–Trinajstić information content (AvgIpc) is 3.09. The van der Waals surface area contributed by atoms with Gasteiger partial charge >= 0.3 is 6.18 Å². The fourth-order valence-electron chi connectivity index (χ4n) is 3.75. The molecule has 1 aromatic carbocycles. The van der Waals surface area contributed by atoms with Crippen LogP contribution >= 0.6 is 0 Å². The van der Waals surface area contributed by atoms with Gasteiger partial charge in [0.1, 0.15) is 12.0 Å². The zero-order chi connectivity index (χ0) is 21.7. The van der Waals surface area contributed by atoms with E-state index >= 15 is 0 Å². The highest BCUT2D eigenvalue weighted by molar-refractivity contribution is 5.79. The molecule has 0 unspecified atom stereocenters. The number of nitrogens with zero attached hydrogens (tertiary/aromatic N) is 4. The van der Waals surface area contributed by atoms with Crippen LogP contribution in [-0.2, 0) is 12.6 Å². The highest BCUT2D eigenvalue weighted by Crippen LogP contribution is 2.36. The predicted molar refractivity (Wildman–Crippen MR) is 98.2 cm³/mol. The van der Waals surface area contributed by atoms with Gasteiger partial charge in [0.05, 0.1) is 22.9 Å². The van der Waals surface area contributed by atoms with Gasteiger partial charge in [-0.05, 0) is 37.5 Å². The third-order valence-electron chi connectivity index (χ3n) is 5.12. The third kappa shape index (κ3) is 3.93. The highest BCUT2D eigenvalue weighted by atomic mass is 19.4. The minimum Gasteiger partial charge on any atom is -0.390 e. The molecule has 4 rings (SSSR count). The molecule has 0 aliphatic heterocycles. The Morgan fingerprint density at radius 3 is 2.63 bits per heavy atom. The molecule has 0 bridgehead atoms. The number of imidazole rings is 1. The van der Waals surface area contributed by atoms with Crippen LogP contribution in [-0.4, -0.2) is 42.8 Å². The van der Waals surface area contributed by atoms with Gasteiger partial charge in [0.15, 0.2) is 0 Å². The second-order valence-corrected chi connectivity index (χ2v) is 7.73. The number of rotatable bonds is 5. The zero-order valence-corrected chi connectivity index (χ0v) is 15.8. The van der Waals surface area contributed by atoms with E-state index in [0.717, 1.165) is 18.2 Å².